The minimum atomic E-state index is 1.10. The molecule has 0 aliphatic carbocycles. The zero-order chi connectivity index (χ0) is 18.6. The van der Waals surface area contributed by atoms with Gasteiger partial charge in [0.15, 0.2) is 0 Å². The van der Waals surface area contributed by atoms with E-state index in [2.05, 4.69) is 116 Å². The summed E-state index contributed by atoms with van der Waals surface area (Å²) in [7, 11) is 0. The maximum absolute atomic E-state index is 3.54. The van der Waals surface area contributed by atoms with E-state index in [1.807, 2.05) is 0 Å². The molecular weight excluding hydrogens is 326 g/mol. The molecular formula is C26H23N. The van der Waals surface area contributed by atoms with Crippen molar-refractivity contribution >= 4 is 11.4 Å². The molecule has 4 aromatic rings. The van der Waals surface area contributed by atoms with Gasteiger partial charge in [0.05, 0.1) is 0 Å². The Morgan fingerprint density at radius 1 is 0.444 bits per heavy atom. The molecule has 1 heteroatoms. The Labute approximate surface area is 161 Å². The molecule has 0 saturated heterocycles. The van der Waals surface area contributed by atoms with Gasteiger partial charge in [0, 0.05) is 11.4 Å². The van der Waals surface area contributed by atoms with Crippen LogP contribution in [0.15, 0.2) is 97.1 Å². The van der Waals surface area contributed by atoms with Gasteiger partial charge < -0.3 is 5.32 Å². The highest BCUT2D eigenvalue weighted by Crippen LogP contribution is 2.29. The lowest BCUT2D eigenvalue weighted by atomic mass is 9.99. The zero-order valence-electron chi connectivity index (χ0n) is 15.7. The highest BCUT2D eigenvalue weighted by Gasteiger charge is 2.03. The topological polar surface area (TPSA) is 12.0 Å². The van der Waals surface area contributed by atoms with Crippen LogP contribution in [0.25, 0.3) is 22.3 Å². The summed E-state index contributed by atoms with van der Waals surface area (Å²) in [5.41, 5.74) is 9.67. The van der Waals surface area contributed by atoms with Crippen molar-refractivity contribution in [3.8, 4) is 22.3 Å². The third-order valence-electron chi connectivity index (χ3n) is 4.68. The number of benzene rings is 4. The average Bonchev–Trinajstić information content (AvgIpc) is 2.68. The van der Waals surface area contributed by atoms with Crippen molar-refractivity contribution in [3.63, 3.8) is 0 Å². The Balaban J connectivity index is 1.65. The summed E-state index contributed by atoms with van der Waals surface area (Å²) in [6.07, 6.45) is 0. The van der Waals surface area contributed by atoms with E-state index in [0.717, 1.165) is 11.4 Å². The lowest BCUT2D eigenvalue weighted by molar-refractivity contribution is 1.37. The third-order valence-corrected chi connectivity index (χ3v) is 4.68. The van der Waals surface area contributed by atoms with E-state index >= 15 is 0 Å². The van der Waals surface area contributed by atoms with Crippen LogP contribution in [-0.4, -0.2) is 0 Å². The minimum absolute atomic E-state index is 1.10. The summed E-state index contributed by atoms with van der Waals surface area (Å²) >= 11 is 0. The molecule has 0 atom stereocenters. The molecule has 1 nitrogen and oxygen atoms in total. The fourth-order valence-electron chi connectivity index (χ4n) is 3.50. The van der Waals surface area contributed by atoms with Gasteiger partial charge in [-0.15, -0.1) is 0 Å². The van der Waals surface area contributed by atoms with Crippen molar-refractivity contribution in [1.29, 1.82) is 0 Å². The van der Waals surface area contributed by atoms with Crippen LogP contribution in [-0.2, 0) is 0 Å². The molecule has 4 rings (SSSR count). The number of anilines is 2. The van der Waals surface area contributed by atoms with Crippen LogP contribution in [0.3, 0.4) is 0 Å². The largest absolute Gasteiger partial charge is 0.355 e. The summed E-state index contributed by atoms with van der Waals surface area (Å²) < 4.78 is 0. The van der Waals surface area contributed by atoms with E-state index in [0.29, 0.717) is 0 Å². The molecule has 4 aromatic carbocycles. The maximum Gasteiger partial charge on any atom is 0.0390 e. The van der Waals surface area contributed by atoms with Gasteiger partial charge in [-0.05, 0) is 77.6 Å². The monoisotopic (exact) mass is 349 g/mol. The summed E-state index contributed by atoms with van der Waals surface area (Å²) in [5.74, 6) is 0. The standard InChI is InChI=1S/C26H23N/c1-19-14-20(2)16-26(15-19)27-25-13-7-12-24(18-25)23-11-6-10-22(17-23)21-8-4-3-5-9-21/h3-18,27H,1-2H3. The van der Waals surface area contributed by atoms with Crippen molar-refractivity contribution in [1.82, 2.24) is 0 Å². The maximum atomic E-state index is 3.54. The molecule has 0 bridgehead atoms. The molecule has 0 saturated carbocycles. The van der Waals surface area contributed by atoms with Crippen LogP contribution in [0, 0.1) is 13.8 Å². The summed E-state index contributed by atoms with van der Waals surface area (Å²) in [4.78, 5) is 0. The first-order chi connectivity index (χ1) is 13.2. The van der Waals surface area contributed by atoms with Crippen LogP contribution < -0.4 is 5.32 Å². The molecule has 1 N–H and O–H groups in total. The van der Waals surface area contributed by atoms with Crippen molar-refractivity contribution in [2.75, 3.05) is 5.32 Å². The first kappa shape index (κ1) is 17.1. The Morgan fingerprint density at radius 3 is 1.70 bits per heavy atom. The van der Waals surface area contributed by atoms with Gasteiger partial charge in [0.25, 0.3) is 0 Å². The summed E-state index contributed by atoms with van der Waals surface area (Å²) in [6.45, 7) is 4.26. The number of nitrogens with one attached hydrogen (secondary N) is 1. The Kier molecular flexibility index (Phi) is 4.76. The second-order valence-electron chi connectivity index (χ2n) is 7.03. The molecule has 0 aliphatic heterocycles. The van der Waals surface area contributed by atoms with Crippen molar-refractivity contribution < 1.29 is 0 Å². The Bertz CT molecular complexity index is 1040. The van der Waals surface area contributed by atoms with E-state index in [1.165, 1.54) is 33.4 Å². The molecule has 0 unspecified atom stereocenters. The lowest BCUT2D eigenvalue weighted by Crippen LogP contribution is -1.92. The Hall–Kier alpha value is -3.32. The highest BCUT2D eigenvalue weighted by molar-refractivity contribution is 5.76. The minimum Gasteiger partial charge on any atom is -0.355 e. The predicted molar refractivity (Wildman–Crippen MR) is 117 cm³/mol. The predicted octanol–water partition coefficient (Wildman–Crippen LogP) is 7.38. The fraction of sp³-hybridized carbons (Fsp3) is 0.0769. The van der Waals surface area contributed by atoms with E-state index < -0.39 is 0 Å². The molecule has 0 radical (unpaired) electrons. The van der Waals surface area contributed by atoms with Gasteiger partial charge in [0.2, 0.25) is 0 Å². The van der Waals surface area contributed by atoms with Crippen molar-refractivity contribution in [2.45, 2.75) is 13.8 Å². The highest BCUT2D eigenvalue weighted by atomic mass is 14.9. The van der Waals surface area contributed by atoms with Crippen LogP contribution in [0.2, 0.25) is 0 Å². The van der Waals surface area contributed by atoms with E-state index in [1.54, 1.807) is 0 Å². The van der Waals surface area contributed by atoms with Crippen LogP contribution in [0.5, 0.6) is 0 Å². The van der Waals surface area contributed by atoms with Gasteiger partial charge in [-0.3, -0.25) is 0 Å². The van der Waals surface area contributed by atoms with Crippen molar-refractivity contribution in [2.24, 2.45) is 0 Å². The second kappa shape index (κ2) is 7.51. The molecule has 0 fully saturated rings. The number of hydrogen-bond donors (Lipinski definition) is 1. The van der Waals surface area contributed by atoms with Gasteiger partial charge >= 0.3 is 0 Å². The Morgan fingerprint density at radius 2 is 1.00 bits per heavy atom. The number of aryl methyl sites for hydroxylation is 2. The van der Waals surface area contributed by atoms with Gasteiger partial charge in [-0.2, -0.15) is 0 Å². The molecule has 0 heterocycles. The molecule has 0 aromatic heterocycles. The number of hydrogen-bond acceptors (Lipinski definition) is 1. The summed E-state index contributed by atoms with van der Waals surface area (Å²) in [5, 5.41) is 3.54. The van der Waals surface area contributed by atoms with E-state index in [-0.39, 0.29) is 0 Å². The average molecular weight is 349 g/mol. The van der Waals surface area contributed by atoms with Gasteiger partial charge in [-0.25, -0.2) is 0 Å². The molecule has 0 aliphatic rings. The first-order valence-electron chi connectivity index (χ1n) is 9.29. The van der Waals surface area contributed by atoms with Gasteiger partial charge in [0.1, 0.15) is 0 Å². The van der Waals surface area contributed by atoms with Crippen LogP contribution in [0.4, 0.5) is 11.4 Å². The first-order valence-corrected chi connectivity index (χ1v) is 9.29. The SMILES string of the molecule is Cc1cc(C)cc(Nc2cccc(-c3cccc(-c4ccccc4)c3)c2)c1. The third kappa shape index (κ3) is 4.09. The second-order valence-corrected chi connectivity index (χ2v) is 7.03. The lowest BCUT2D eigenvalue weighted by Gasteiger charge is -2.11. The molecule has 0 spiro atoms. The molecule has 27 heavy (non-hydrogen) atoms. The normalized spacial score (nSPS) is 10.6. The molecule has 132 valence electrons. The van der Waals surface area contributed by atoms with Crippen LogP contribution >= 0.6 is 0 Å². The molecule has 0 amide bonds. The van der Waals surface area contributed by atoms with Gasteiger partial charge in [-0.1, -0.05) is 66.7 Å². The quantitative estimate of drug-likeness (QED) is 0.405. The van der Waals surface area contributed by atoms with E-state index in [9.17, 15) is 0 Å². The van der Waals surface area contributed by atoms with Crippen LogP contribution in [0.1, 0.15) is 11.1 Å². The summed E-state index contributed by atoms with van der Waals surface area (Å²) in [6, 6.07) is 34.4. The zero-order valence-corrected chi connectivity index (χ0v) is 15.7. The van der Waals surface area contributed by atoms with Crippen molar-refractivity contribution in [3.05, 3.63) is 108 Å². The smallest absolute Gasteiger partial charge is 0.0390 e. The number of rotatable bonds is 4. The van der Waals surface area contributed by atoms with E-state index in [4.69, 9.17) is 0 Å². The fourth-order valence-corrected chi connectivity index (χ4v) is 3.50.